The molecule has 0 amide bonds. The van der Waals surface area contributed by atoms with E-state index in [4.69, 9.17) is 5.79 Å². The number of rotatable bonds is 1. The summed E-state index contributed by atoms with van der Waals surface area (Å²) < 4.78 is 13.9. The van der Waals surface area contributed by atoms with Gasteiger partial charge in [-0.2, -0.15) is 0 Å². The molecule has 0 spiro atoms. The van der Waals surface area contributed by atoms with Gasteiger partial charge in [-0.05, 0) is 30.2 Å². The maximum absolute atomic E-state index is 12.4. The molecular weight excluding hydrogens is 262 g/mol. The molecule has 0 saturated heterocycles. The van der Waals surface area contributed by atoms with Gasteiger partial charge in [-0.1, -0.05) is 35.9 Å². The minimum absolute atomic E-state index is 0.0931. The van der Waals surface area contributed by atoms with Crippen LogP contribution in [-0.2, 0) is 13.1 Å². The first kappa shape index (κ1) is 11.1. The Hall–Kier alpha value is -2.55. The third kappa shape index (κ3) is 2.02. The van der Waals surface area contributed by atoms with Crippen LogP contribution in [0.4, 0.5) is 5.88 Å². The zero-order valence-corrected chi connectivity index (χ0v) is 11.7. The minimum atomic E-state index is -0.0931. The van der Waals surface area contributed by atoms with Crippen LogP contribution in [0.1, 0.15) is 18.1 Å². The van der Waals surface area contributed by atoms with Crippen molar-refractivity contribution in [2.45, 2.75) is 20.0 Å². The molecule has 21 heavy (non-hydrogen) atoms. The van der Waals surface area contributed by atoms with Crippen LogP contribution >= 0.6 is 0 Å². The van der Waals surface area contributed by atoms with Crippen molar-refractivity contribution in [3.05, 3.63) is 75.4 Å². The van der Waals surface area contributed by atoms with Crippen molar-refractivity contribution < 1.29 is 5.79 Å². The highest BCUT2D eigenvalue weighted by Crippen LogP contribution is 2.29. The van der Waals surface area contributed by atoms with Crippen LogP contribution in [0.5, 0.6) is 0 Å². The van der Waals surface area contributed by atoms with Gasteiger partial charge in [-0.3, -0.25) is 4.79 Å². The van der Waals surface area contributed by atoms with E-state index in [1.54, 1.807) is 12.1 Å². The van der Waals surface area contributed by atoms with Crippen LogP contribution in [0.3, 0.4) is 0 Å². The third-order valence-corrected chi connectivity index (χ3v) is 3.93. The number of fused-ring (bicyclic) bond motifs is 2. The van der Waals surface area contributed by atoms with E-state index < -0.39 is 0 Å². The van der Waals surface area contributed by atoms with Gasteiger partial charge >= 0.3 is 0 Å². The predicted molar refractivity (Wildman–Crippen MR) is 83.6 cm³/mol. The molecule has 1 aliphatic heterocycles. The number of hydrogen-bond donors (Lipinski definition) is 0. The molecule has 104 valence electrons. The van der Waals surface area contributed by atoms with Crippen molar-refractivity contribution >= 4 is 16.9 Å². The van der Waals surface area contributed by atoms with Gasteiger partial charge in [0.25, 0.3) is 0 Å². The van der Waals surface area contributed by atoms with Crippen molar-refractivity contribution in [1.29, 1.82) is 0 Å². The van der Waals surface area contributed by atoms with E-state index >= 15 is 0 Å². The fourth-order valence-electron chi connectivity index (χ4n) is 2.83. The van der Waals surface area contributed by atoms with E-state index in [2.05, 4.69) is 12.1 Å². The number of anilines is 1. The first-order valence-corrected chi connectivity index (χ1v) is 6.98. The normalized spacial score (nSPS) is 14.3. The van der Waals surface area contributed by atoms with Gasteiger partial charge in [0, 0.05) is 19.2 Å². The SMILES string of the molecule is [2H]c1cc(C)cc2c(=O)cc(N3Cc4ccccc4C3)oc12. The van der Waals surface area contributed by atoms with E-state index in [-0.39, 0.29) is 11.5 Å². The zero-order valence-electron chi connectivity index (χ0n) is 12.7. The molecule has 2 aromatic carbocycles. The van der Waals surface area contributed by atoms with E-state index in [1.807, 2.05) is 24.0 Å². The van der Waals surface area contributed by atoms with Crippen LogP contribution in [0.15, 0.2) is 57.7 Å². The van der Waals surface area contributed by atoms with Gasteiger partial charge in [0.2, 0.25) is 5.88 Å². The van der Waals surface area contributed by atoms with Crippen LogP contribution in [0, 0.1) is 6.92 Å². The highest BCUT2D eigenvalue weighted by molar-refractivity contribution is 5.78. The molecule has 0 unspecified atom stereocenters. The Kier molecular flexibility index (Phi) is 2.38. The number of hydrogen-bond acceptors (Lipinski definition) is 3. The highest BCUT2D eigenvalue weighted by Gasteiger charge is 2.21. The van der Waals surface area contributed by atoms with Gasteiger partial charge in [0.05, 0.1) is 6.76 Å². The van der Waals surface area contributed by atoms with Crippen LogP contribution in [0.2, 0.25) is 0 Å². The molecule has 1 aliphatic rings. The fourth-order valence-corrected chi connectivity index (χ4v) is 2.83. The summed E-state index contributed by atoms with van der Waals surface area (Å²) in [5.74, 6) is 0.533. The van der Waals surface area contributed by atoms with E-state index in [0.717, 1.165) is 18.7 Å². The quantitative estimate of drug-likeness (QED) is 0.681. The van der Waals surface area contributed by atoms with Crippen molar-refractivity contribution in [3.8, 4) is 0 Å². The molecular formula is C18H15NO2. The van der Waals surface area contributed by atoms with E-state index in [9.17, 15) is 4.79 Å². The summed E-state index contributed by atoms with van der Waals surface area (Å²) in [5, 5.41) is 0.477. The first-order valence-electron chi connectivity index (χ1n) is 7.48. The molecule has 0 saturated carbocycles. The summed E-state index contributed by atoms with van der Waals surface area (Å²) in [4.78, 5) is 14.4. The molecule has 3 aromatic rings. The van der Waals surface area contributed by atoms with Crippen molar-refractivity contribution in [2.75, 3.05) is 4.90 Å². The minimum Gasteiger partial charge on any atom is -0.440 e. The summed E-state index contributed by atoms with van der Waals surface area (Å²) in [5.41, 5.74) is 3.67. The molecule has 2 heterocycles. The Labute approximate surface area is 123 Å². The second-order valence-electron chi connectivity index (χ2n) is 5.49. The lowest BCUT2D eigenvalue weighted by atomic mass is 10.1. The summed E-state index contributed by atoms with van der Waals surface area (Å²) in [6.45, 7) is 3.33. The molecule has 0 bridgehead atoms. The average Bonchev–Trinajstić information content (AvgIpc) is 2.92. The highest BCUT2D eigenvalue weighted by atomic mass is 16.4. The topological polar surface area (TPSA) is 33.5 Å². The van der Waals surface area contributed by atoms with Crippen molar-refractivity contribution in [2.24, 2.45) is 0 Å². The molecule has 0 radical (unpaired) electrons. The maximum atomic E-state index is 12.4. The summed E-state index contributed by atoms with van der Waals surface area (Å²) in [6, 6.07) is 13.5. The lowest BCUT2D eigenvalue weighted by molar-refractivity contribution is 0.576. The van der Waals surface area contributed by atoms with Gasteiger partial charge in [-0.15, -0.1) is 0 Å². The third-order valence-electron chi connectivity index (χ3n) is 3.93. The number of nitrogens with zero attached hydrogens (tertiary/aromatic N) is 1. The first-order chi connectivity index (χ1) is 10.6. The monoisotopic (exact) mass is 278 g/mol. The van der Waals surface area contributed by atoms with Crippen molar-refractivity contribution in [3.63, 3.8) is 0 Å². The molecule has 0 fully saturated rings. The van der Waals surface area contributed by atoms with Gasteiger partial charge in [-0.25, -0.2) is 0 Å². The Balaban J connectivity index is 1.83. The Morgan fingerprint density at radius 2 is 1.86 bits per heavy atom. The molecule has 4 rings (SSSR count). The summed E-state index contributed by atoms with van der Waals surface area (Å²) in [6.07, 6.45) is 0. The van der Waals surface area contributed by atoms with Crippen LogP contribution < -0.4 is 10.3 Å². The zero-order chi connectivity index (χ0) is 15.3. The summed E-state index contributed by atoms with van der Waals surface area (Å²) >= 11 is 0. The van der Waals surface area contributed by atoms with Crippen molar-refractivity contribution in [1.82, 2.24) is 0 Å². The Morgan fingerprint density at radius 3 is 2.57 bits per heavy atom. The van der Waals surface area contributed by atoms with Gasteiger partial charge in [0.15, 0.2) is 5.43 Å². The van der Waals surface area contributed by atoms with Gasteiger partial charge < -0.3 is 9.32 Å². The van der Waals surface area contributed by atoms with Crippen LogP contribution in [0.25, 0.3) is 11.0 Å². The molecule has 3 heteroatoms. The Morgan fingerprint density at radius 1 is 1.14 bits per heavy atom. The number of benzene rings is 2. The second-order valence-corrected chi connectivity index (χ2v) is 5.49. The van der Waals surface area contributed by atoms with Gasteiger partial charge in [0.1, 0.15) is 5.58 Å². The average molecular weight is 278 g/mol. The molecule has 0 aliphatic carbocycles. The molecule has 0 atom stereocenters. The molecule has 1 aromatic heterocycles. The smallest absolute Gasteiger partial charge is 0.200 e. The lowest BCUT2D eigenvalue weighted by Crippen LogP contribution is -2.16. The number of aryl methyl sites for hydroxylation is 1. The largest absolute Gasteiger partial charge is 0.440 e. The lowest BCUT2D eigenvalue weighted by Gasteiger charge is -2.16. The van der Waals surface area contributed by atoms with Crippen LogP contribution in [-0.4, -0.2) is 0 Å². The Bertz CT molecular complexity index is 920. The standard InChI is InChI=1S/C18H15NO2/c1-12-6-7-17-15(8-12)16(20)9-18(21-17)19-10-13-4-2-3-5-14(13)11-19/h2-9H,10-11H2,1H3/i7D. The maximum Gasteiger partial charge on any atom is 0.200 e. The molecule has 0 N–H and O–H groups in total. The fraction of sp³-hybridized carbons (Fsp3) is 0.167. The second kappa shape index (κ2) is 4.48. The summed E-state index contributed by atoms with van der Waals surface area (Å²) in [7, 11) is 0. The molecule has 3 nitrogen and oxygen atoms in total. The van der Waals surface area contributed by atoms with E-state index in [1.165, 1.54) is 17.2 Å². The predicted octanol–water partition coefficient (Wildman–Crippen LogP) is 3.62. The van der Waals surface area contributed by atoms with E-state index in [0.29, 0.717) is 16.9 Å².